The smallest absolute Gasteiger partial charge is 0.160 e. The largest absolute Gasteiger partial charge is 0.455 e. The van der Waals surface area contributed by atoms with Gasteiger partial charge in [0.05, 0.1) is 33.0 Å². The molecule has 0 saturated carbocycles. The first-order valence-electron chi connectivity index (χ1n) is 22.0. The van der Waals surface area contributed by atoms with Crippen molar-refractivity contribution >= 4 is 65.7 Å². The molecule has 10 aromatic rings. The van der Waals surface area contributed by atoms with Gasteiger partial charge in [-0.1, -0.05) is 103 Å². The van der Waals surface area contributed by atoms with Crippen LogP contribution in [0.2, 0.25) is 0 Å². The van der Waals surface area contributed by atoms with Crippen LogP contribution in [0, 0.1) is 0 Å². The van der Waals surface area contributed by atoms with E-state index in [2.05, 4.69) is 0 Å². The molecule has 0 aliphatic heterocycles. The van der Waals surface area contributed by atoms with Crippen LogP contribution in [0.25, 0.3) is 93.6 Å². The zero-order valence-corrected chi connectivity index (χ0v) is 23.0. The van der Waals surface area contributed by atoms with Gasteiger partial charge in [-0.05, 0) is 65.1 Å². The number of fused-ring (bicyclic) bond motifs is 10. The summed E-state index contributed by atoms with van der Waals surface area (Å²) in [5.41, 5.74) is 0.813. The Hall–Kier alpha value is -6.06. The molecule has 0 aliphatic rings. The number of nitrogens with zero attached hydrogens (tertiary/aromatic N) is 1. The molecular formula is C42H25NO2. The van der Waals surface area contributed by atoms with E-state index in [0.29, 0.717) is 11.1 Å². The van der Waals surface area contributed by atoms with Crippen molar-refractivity contribution in [3.8, 4) is 27.9 Å². The Morgan fingerprint density at radius 3 is 1.89 bits per heavy atom. The molecule has 0 spiro atoms. The van der Waals surface area contributed by atoms with Gasteiger partial charge in [0.2, 0.25) is 0 Å². The molecule has 0 aliphatic carbocycles. The third-order valence-corrected chi connectivity index (χ3v) is 8.00. The second-order valence-electron chi connectivity index (χ2n) is 10.5. The average molecular weight is 592 g/mol. The van der Waals surface area contributed by atoms with E-state index in [1.54, 1.807) is 54.6 Å². The van der Waals surface area contributed by atoms with Crippen molar-refractivity contribution in [2.75, 3.05) is 0 Å². The molecular weight excluding hydrogens is 550 g/mol. The van der Waals surface area contributed by atoms with Crippen LogP contribution in [0.5, 0.6) is 0 Å². The molecule has 0 atom stereocenters. The number of para-hydroxylation sites is 3. The summed E-state index contributed by atoms with van der Waals surface area (Å²) in [4.78, 5) is 0. The molecule has 0 fully saturated rings. The van der Waals surface area contributed by atoms with Crippen molar-refractivity contribution in [3.63, 3.8) is 0 Å². The molecule has 3 heteroatoms. The van der Waals surface area contributed by atoms with Crippen molar-refractivity contribution in [3.05, 3.63) is 151 Å². The minimum Gasteiger partial charge on any atom is -0.455 e. The standard InChI is InChI=1S/C42H25NO2/c1-2-10-27(11-3-1)35-24-28(25-36-32-14-6-9-17-39(32)44-41(35)36)26-18-20-29(21-19-26)43-37-15-7-4-12-30(37)33-22-23-34-31-13-5-8-16-38(31)45-42(34)40(33)43/h1-25H/i4D,5D,6D,7D,8D,9D,12D,13D,14D,15D,16D,17D,22D,23D,24D,25D. The summed E-state index contributed by atoms with van der Waals surface area (Å²) >= 11 is 0. The lowest BCUT2D eigenvalue weighted by Crippen LogP contribution is -1.94. The predicted molar refractivity (Wildman–Crippen MR) is 186 cm³/mol. The van der Waals surface area contributed by atoms with Crippen LogP contribution in [0.1, 0.15) is 21.9 Å². The van der Waals surface area contributed by atoms with Crippen molar-refractivity contribution in [2.45, 2.75) is 0 Å². The second-order valence-corrected chi connectivity index (χ2v) is 10.5. The summed E-state index contributed by atoms with van der Waals surface area (Å²) in [6.45, 7) is 0. The summed E-state index contributed by atoms with van der Waals surface area (Å²) in [5, 5.41) is -0.363. The quantitative estimate of drug-likeness (QED) is 0.205. The van der Waals surface area contributed by atoms with Crippen molar-refractivity contribution < 1.29 is 30.8 Å². The Labute approximate surface area is 280 Å². The molecule has 7 aromatic carbocycles. The normalized spacial score (nSPS) is 17.0. The highest BCUT2D eigenvalue weighted by atomic mass is 16.3. The van der Waals surface area contributed by atoms with E-state index in [9.17, 15) is 4.11 Å². The first kappa shape index (κ1) is 13.7. The molecule has 3 nitrogen and oxygen atoms in total. The lowest BCUT2D eigenvalue weighted by molar-refractivity contribution is 0.670. The van der Waals surface area contributed by atoms with E-state index in [1.165, 1.54) is 4.57 Å². The fraction of sp³-hybridized carbons (Fsp3) is 0. The molecule has 0 saturated heterocycles. The number of hydrogen-bond acceptors (Lipinski definition) is 2. The number of benzene rings is 7. The predicted octanol–water partition coefficient (Wildman–Crippen LogP) is 11.9. The third-order valence-electron chi connectivity index (χ3n) is 8.00. The van der Waals surface area contributed by atoms with Crippen molar-refractivity contribution in [2.24, 2.45) is 0 Å². The van der Waals surface area contributed by atoms with Gasteiger partial charge >= 0.3 is 0 Å². The van der Waals surface area contributed by atoms with E-state index >= 15 is 0 Å². The van der Waals surface area contributed by atoms with Gasteiger partial charge in [0.1, 0.15) is 16.7 Å². The van der Waals surface area contributed by atoms with E-state index in [0.717, 1.165) is 0 Å². The zero-order chi connectivity index (χ0) is 43.4. The van der Waals surface area contributed by atoms with Gasteiger partial charge in [0, 0.05) is 43.6 Å². The highest BCUT2D eigenvalue weighted by molar-refractivity contribution is 6.21. The summed E-state index contributed by atoms with van der Waals surface area (Å²) < 4.78 is 154. The van der Waals surface area contributed by atoms with E-state index < -0.39 is 84.6 Å². The Morgan fingerprint density at radius 1 is 0.467 bits per heavy atom. The summed E-state index contributed by atoms with van der Waals surface area (Å²) in [6.07, 6.45) is 0. The molecule has 10 rings (SSSR count). The Morgan fingerprint density at radius 2 is 1.11 bits per heavy atom. The maximum atomic E-state index is 9.52. The number of rotatable bonds is 3. The molecule has 3 aromatic heterocycles. The average Bonchev–Trinajstić information content (AvgIpc) is 3.96. The summed E-state index contributed by atoms with van der Waals surface area (Å²) in [6, 6.07) is 7.50. The Kier molecular flexibility index (Phi) is 2.81. The SMILES string of the molecule is [2H]c1c([2H])c([2H])c2c(oc3c(-c4ccccc4)c([2H])c(-c4ccc(-n5c6c([2H])c([2H])c([2H])c([2H])c6c6c([2H])c([2H])c7c(oc8c([2H])c([2H])c([2H])c([2H])c87)c65)cc4)c([2H])c32)c1[2H]. The Bertz CT molecular complexity index is 3650. The summed E-state index contributed by atoms with van der Waals surface area (Å²) in [5.74, 6) is 0. The maximum absolute atomic E-state index is 9.52. The van der Waals surface area contributed by atoms with Gasteiger partial charge in [-0.25, -0.2) is 0 Å². The third kappa shape index (κ3) is 3.52. The second kappa shape index (κ2) is 9.22. The van der Waals surface area contributed by atoms with Crippen molar-refractivity contribution in [1.29, 1.82) is 0 Å². The van der Waals surface area contributed by atoms with E-state index in [-0.39, 0.29) is 94.6 Å². The van der Waals surface area contributed by atoms with E-state index in [4.69, 9.17) is 26.7 Å². The minimum absolute atomic E-state index is 0.00737. The molecule has 0 bridgehead atoms. The molecule has 0 N–H and O–H groups in total. The van der Waals surface area contributed by atoms with Crippen LogP contribution < -0.4 is 0 Å². The van der Waals surface area contributed by atoms with Gasteiger partial charge < -0.3 is 13.4 Å². The summed E-state index contributed by atoms with van der Waals surface area (Å²) in [7, 11) is 0. The van der Waals surface area contributed by atoms with Crippen LogP contribution >= 0.6 is 0 Å². The molecule has 210 valence electrons. The molecule has 3 heterocycles. The monoisotopic (exact) mass is 591 g/mol. The molecule has 0 unspecified atom stereocenters. The molecule has 0 amide bonds. The first-order chi connectivity index (χ1) is 29.0. The van der Waals surface area contributed by atoms with Gasteiger partial charge in [-0.15, -0.1) is 0 Å². The highest BCUT2D eigenvalue weighted by Gasteiger charge is 2.19. The highest BCUT2D eigenvalue weighted by Crippen LogP contribution is 2.42. The number of hydrogen-bond donors (Lipinski definition) is 0. The van der Waals surface area contributed by atoms with Gasteiger partial charge in [0.25, 0.3) is 0 Å². The molecule has 0 radical (unpaired) electrons. The van der Waals surface area contributed by atoms with Crippen molar-refractivity contribution in [1.82, 2.24) is 4.57 Å². The zero-order valence-electron chi connectivity index (χ0n) is 39.0. The maximum Gasteiger partial charge on any atom is 0.160 e. The van der Waals surface area contributed by atoms with Crippen LogP contribution in [-0.4, -0.2) is 4.57 Å². The number of aromatic nitrogens is 1. The Balaban J connectivity index is 1.32. The fourth-order valence-electron chi connectivity index (χ4n) is 6.01. The fourth-order valence-corrected chi connectivity index (χ4v) is 6.01. The van der Waals surface area contributed by atoms with Gasteiger partial charge in [-0.3, -0.25) is 0 Å². The van der Waals surface area contributed by atoms with Crippen LogP contribution in [0.4, 0.5) is 0 Å². The lowest BCUT2D eigenvalue weighted by Gasteiger charge is -2.11. The van der Waals surface area contributed by atoms with Gasteiger partial charge in [-0.2, -0.15) is 0 Å². The van der Waals surface area contributed by atoms with E-state index in [1.807, 2.05) is 0 Å². The van der Waals surface area contributed by atoms with Gasteiger partial charge in [0.15, 0.2) is 5.58 Å². The van der Waals surface area contributed by atoms with Crippen LogP contribution in [0.15, 0.2) is 160 Å². The number of furan rings is 2. The van der Waals surface area contributed by atoms with Crippen LogP contribution in [0.3, 0.4) is 0 Å². The minimum atomic E-state index is -0.589. The topological polar surface area (TPSA) is 31.2 Å². The molecule has 45 heavy (non-hydrogen) atoms. The lowest BCUT2D eigenvalue weighted by atomic mass is 9.95. The van der Waals surface area contributed by atoms with Crippen LogP contribution in [-0.2, 0) is 0 Å². The first-order valence-corrected chi connectivity index (χ1v) is 14.0.